The molecule has 1 fully saturated rings. The van der Waals surface area contributed by atoms with Crippen LogP contribution in [0.25, 0.3) is 0 Å². The van der Waals surface area contributed by atoms with Gasteiger partial charge in [0.25, 0.3) is 0 Å². The van der Waals surface area contributed by atoms with Crippen molar-refractivity contribution in [3.63, 3.8) is 0 Å². The van der Waals surface area contributed by atoms with E-state index in [1.807, 2.05) is 0 Å². The van der Waals surface area contributed by atoms with Gasteiger partial charge in [0.2, 0.25) is 5.91 Å². The standard InChI is InChI=1S/C10H21N3O2/c11-5-8(4-10(12)15)13-9-3-1-2-7(9)6-14/h7-9,13-14H,1-6,11H2,(H2,12,15). The summed E-state index contributed by atoms with van der Waals surface area (Å²) in [5, 5.41) is 12.5. The third kappa shape index (κ3) is 3.77. The summed E-state index contributed by atoms with van der Waals surface area (Å²) in [5.41, 5.74) is 10.7. The van der Waals surface area contributed by atoms with Crippen molar-refractivity contribution in [2.45, 2.75) is 37.8 Å². The molecule has 3 atom stereocenters. The highest BCUT2D eigenvalue weighted by Gasteiger charge is 2.28. The molecule has 5 nitrogen and oxygen atoms in total. The van der Waals surface area contributed by atoms with E-state index in [0.717, 1.165) is 19.3 Å². The normalized spacial score (nSPS) is 27.9. The molecule has 1 amide bonds. The topological polar surface area (TPSA) is 101 Å². The van der Waals surface area contributed by atoms with Crippen molar-refractivity contribution in [1.82, 2.24) is 5.32 Å². The Morgan fingerprint density at radius 1 is 1.53 bits per heavy atom. The molecular weight excluding hydrogens is 194 g/mol. The van der Waals surface area contributed by atoms with E-state index in [-0.39, 0.29) is 31.0 Å². The number of carbonyl (C=O) groups excluding carboxylic acids is 1. The third-order valence-electron chi connectivity index (χ3n) is 3.08. The van der Waals surface area contributed by atoms with Gasteiger partial charge in [-0.25, -0.2) is 0 Å². The molecule has 0 aromatic rings. The van der Waals surface area contributed by atoms with E-state index in [2.05, 4.69) is 5.32 Å². The average Bonchev–Trinajstić information content (AvgIpc) is 2.63. The number of amides is 1. The summed E-state index contributed by atoms with van der Waals surface area (Å²) in [6.07, 6.45) is 3.48. The lowest BCUT2D eigenvalue weighted by molar-refractivity contribution is -0.118. The molecule has 0 saturated heterocycles. The van der Waals surface area contributed by atoms with Gasteiger partial charge in [0.15, 0.2) is 0 Å². The van der Waals surface area contributed by atoms with Crippen molar-refractivity contribution >= 4 is 5.91 Å². The molecule has 1 rings (SSSR count). The molecule has 5 heteroatoms. The quantitative estimate of drug-likeness (QED) is 0.453. The van der Waals surface area contributed by atoms with E-state index in [0.29, 0.717) is 12.5 Å². The molecule has 1 aliphatic carbocycles. The van der Waals surface area contributed by atoms with E-state index >= 15 is 0 Å². The number of aliphatic hydroxyl groups excluding tert-OH is 1. The van der Waals surface area contributed by atoms with Gasteiger partial charge >= 0.3 is 0 Å². The minimum Gasteiger partial charge on any atom is -0.396 e. The number of nitrogens with two attached hydrogens (primary N) is 2. The lowest BCUT2D eigenvalue weighted by Gasteiger charge is -2.24. The van der Waals surface area contributed by atoms with Gasteiger partial charge in [-0.3, -0.25) is 4.79 Å². The summed E-state index contributed by atoms with van der Waals surface area (Å²) in [5.74, 6) is -0.0385. The lowest BCUT2D eigenvalue weighted by Crippen LogP contribution is -2.46. The first-order chi connectivity index (χ1) is 7.17. The van der Waals surface area contributed by atoms with Crippen LogP contribution < -0.4 is 16.8 Å². The number of nitrogens with one attached hydrogen (secondary N) is 1. The highest BCUT2D eigenvalue weighted by Crippen LogP contribution is 2.25. The molecule has 0 aromatic carbocycles. The van der Waals surface area contributed by atoms with Gasteiger partial charge in [-0.05, 0) is 18.8 Å². The minimum absolute atomic E-state index is 0.0559. The Hall–Kier alpha value is -0.650. The molecule has 0 aromatic heterocycles. The molecule has 0 spiro atoms. The summed E-state index contributed by atoms with van der Waals surface area (Å²) in [6, 6.07) is 0.225. The molecule has 0 bridgehead atoms. The van der Waals surface area contributed by atoms with Crippen LogP contribution in [0.1, 0.15) is 25.7 Å². The molecule has 0 radical (unpaired) electrons. The van der Waals surface area contributed by atoms with Gasteiger partial charge in [0.1, 0.15) is 0 Å². The first-order valence-electron chi connectivity index (χ1n) is 5.52. The van der Waals surface area contributed by atoms with E-state index in [1.165, 1.54) is 0 Å². The fourth-order valence-electron chi connectivity index (χ4n) is 2.23. The van der Waals surface area contributed by atoms with Crippen LogP contribution in [0.3, 0.4) is 0 Å². The molecule has 6 N–H and O–H groups in total. The van der Waals surface area contributed by atoms with Crippen LogP contribution in [0.4, 0.5) is 0 Å². The predicted octanol–water partition coefficient (Wildman–Crippen LogP) is -1.06. The van der Waals surface area contributed by atoms with Gasteiger partial charge in [-0.15, -0.1) is 0 Å². The van der Waals surface area contributed by atoms with Gasteiger partial charge in [-0.1, -0.05) is 6.42 Å². The largest absolute Gasteiger partial charge is 0.396 e. The van der Waals surface area contributed by atoms with Crippen LogP contribution in [-0.4, -0.2) is 36.2 Å². The van der Waals surface area contributed by atoms with Crippen LogP contribution in [0.5, 0.6) is 0 Å². The maximum atomic E-state index is 10.8. The zero-order chi connectivity index (χ0) is 11.3. The van der Waals surface area contributed by atoms with Crippen LogP contribution in [0.2, 0.25) is 0 Å². The first kappa shape index (κ1) is 12.4. The van der Waals surface area contributed by atoms with Gasteiger partial charge < -0.3 is 21.9 Å². The SMILES string of the molecule is NCC(CC(N)=O)NC1CCCC1CO. The Labute approximate surface area is 90.2 Å². The predicted molar refractivity (Wildman–Crippen MR) is 58.0 cm³/mol. The van der Waals surface area contributed by atoms with Crippen molar-refractivity contribution < 1.29 is 9.90 Å². The molecule has 1 aliphatic rings. The van der Waals surface area contributed by atoms with Crippen LogP contribution >= 0.6 is 0 Å². The Balaban J connectivity index is 2.39. The maximum absolute atomic E-state index is 10.8. The Kier molecular flexibility index (Phi) is 5.01. The molecule has 0 heterocycles. The molecule has 15 heavy (non-hydrogen) atoms. The number of rotatable bonds is 6. The third-order valence-corrected chi connectivity index (χ3v) is 3.08. The second kappa shape index (κ2) is 6.05. The fraction of sp³-hybridized carbons (Fsp3) is 0.900. The Bertz CT molecular complexity index is 211. The summed E-state index contributed by atoms with van der Waals surface area (Å²) < 4.78 is 0. The summed E-state index contributed by atoms with van der Waals surface area (Å²) in [7, 11) is 0. The van der Waals surface area contributed by atoms with E-state index in [9.17, 15) is 4.79 Å². The summed E-state index contributed by atoms with van der Waals surface area (Å²) in [6.45, 7) is 0.600. The number of carbonyl (C=O) groups is 1. The minimum atomic E-state index is -0.337. The smallest absolute Gasteiger partial charge is 0.219 e. The second-order valence-electron chi connectivity index (χ2n) is 4.25. The van der Waals surface area contributed by atoms with Gasteiger partial charge in [-0.2, -0.15) is 0 Å². The first-order valence-corrected chi connectivity index (χ1v) is 5.52. The van der Waals surface area contributed by atoms with Gasteiger partial charge in [0.05, 0.1) is 0 Å². The zero-order valence-electron chi connectivity index (χ0n) is 8.98. The van der Waals surface area contributed by atoms with Crippen LogP contribution in [0, 0.1) is 5.92 Å². The number of aliphatic hydroxyl groups is 1. The molecule has 0 aliphatic heterocycles. The highest BCUT2D eigenvalue weighted by molar-refractivity contribution is 5.74. The zero-order valence-corrected chi connectivity index (χ0v) is 8.98. The van der Waals surface area contributed by atoms with Crippen molar-refractivity contribution in [1.29, 1.82) is 0 Å². The second-order valence-corrected chi connectivity index (χ2v) is 4.25. The van der Waals surface area contributed by atoms with Crippen molar-refractivity contribution in [3.8, 4) is 0 Å². The number of hydrogen-bond acceptors (Lipinski definition) is 4. The molecule has 88 valence electrons. The molecule has 1 saturated carbocycles. The Morgan fingerprint density at radius 3 is 2.80 bits per heavy atom. The summed E-state index contributed by atoms with van der Waals surface area (Å²) >= 11 is 0. The van der Waals surface area contributed by atoms with Crippen molar-refractivity contribution in [3.05, 3.63) is 0 Å². The van der Waals surface area contributed by atoms with Crippen molar-refractivity contribution in [2.75, 3.05) is 13.2 Å². The van der Waals surface area contributed by atoms with Crippen LogP contribution in [-0.2, 0) is 4.79 Å². The monoisotopic (exact) mass is 215 g/mol. The summed E-state index contributed by atoms with van der Waals surface area (Å²) in [4.78, 5) is 10.8. The van der Waals surface area contributed by atoms with Crippen LogP contribution in [0.15, 0.2) is 0 Å². The molecular formula is C10H21N3O2. The van der Waals surface area contributed by atoms with E-state index < -0.39 is 0 Å². The van der Waals surface area contributed by atoms with E-state index in [4.69, 9.17) is 16.6 Å². The van der Waals surface area contributed by atoms with Gasteiger partial charge in [0, 0.05) is 31.7 Å². The fourth-order valence-corrected chi connectivity index (χ4v) is 2.23. The highest BCUT2D eigenvalue weighted by atomic mass is 16.3. The maximum Gasteiger partial charge on any atom is 0.219 e. The van der Waals surface area contributed by atoms with Crippen molar-refractivity contribution in [2.24, 2.45) is 17.4 Å². The van der Waals surface area contributed by atoms with E-state index in [1.54, 1.807) is 0 Å². The molecule has 3 unspecified atom stereocenters. The average molecular weight is 215 g/mol. The lowest BCUT2D eigenvalue weighted by atomic mass is 10.0. The number of primary amides is 1. The Morgan fingerprint density at radius 2 is 2.27 bits per heavy atom. The number of hydrogen-bond donors (Lipinski definition) is 4.